The number of nitrogens with zero attached hydrogens (tertiary/aromatic N) is 3. The summed E-state index contributed by atoms with van der Waals surface area (Å²) in [6.07, 6.45) is 9.57. The molecule has 0 saturated carbocycles. The summed E-state index contributed by atoms with van der Waals surface area (Å²) >= 11 is 0. The van der Waals surface area contributed by atoms with E-state index in [9.17, 15) is 0 Å². The Kier molecular flexibility index (Phi) is 2.44. The van der Waals surface area contributed by atoms with Crippen LogP contribution in [0, 0.1) is 0 Å². The van der Waals surface area contributed by atoms with E-state index in [-0.39, 0.29) is 0 Å². The van der Waals surface area contributed by atoms with Crippen molar-refractivity contribution in [1.29, 1.82) is 0 Å². The van der Waals surface area contributed by atoms with Crippen LogP contribution in [-0.2, 0) is 0 Å². The molecule has 16 heavy (non-hydrogen) atoms. The van der Waals surface area contributed by atoms with Gasteiger partial charge in [-0.15, -0.1) is 0 Å². The summed E-state index contributed by atoms with van der Waals surface area (Å²) in [5.74, 6) is 0. The first kappa shape index (κ1) is 9.58. The summed E-state index contributed by atoms with van der Waals surface area (Å²) in [4.78, 5) is 11.0. The van der Waals surface area contributed by atoms with Crippen LogP contribution in [0.1, 0.15) is 19.3 Å². The van der Waals surface area contributed by atoms with Crippen molar-refractivity contribution in [2.45, 2.75) is 19.3 Å². The SMILES string of the molecule is c1cc2nccc(N3CCCCC3)c2cn1. The van der Waals surface area contributed by atoms with E-state index in [4.69, 9.17) is 0 Å². The van der Waals surface area contributed by atoms with Crippen molar-refractivity contribution >= 4 is 16.6 Å². The van der Waals surface area contributed by atoms with Crippen molar-refractivity contribution in [1.82, 2.24) is 9.97 Å². The zero-order chi connectivity index (χ0) is 10.8. The van der Waals surface area contributed by atoms with Gasteiger partial charge in [-0.1, -0.05) is 0 Å². The van der Waals surface area contributed by atoms with Crippen molar-refractivity contribution in [3.8, 4) is 0 Å². The monoisotopic (exact) mass is 213 g/mol. The Morgan fingerprint density at radius 1 is 1.00 bits per heavy atom. The molecule has 3 nitrogen and oxygen atoms in total. The van der Waals surface area contributed by atoms with Crippen molar-refractivity contribution in [3.63, 3.8) is 0 Å². The molecule has 0 amide bonds. The minimum atomic E-state index is 1.04. The number of anilines is 1. The smallest absolute Gasteiger partial charge is 0.0753 e. The summed E-state index contributed by atoms with van der Waals surface area (Å²) in [7, 11) is 0. The van der Waals surface area contributed by atoms with E-state index in [0.29, 0.717) is 0 Å². The largest absolute Gasteiger partial charge is 0.371 e. The van der Waals surface area contributed by atoms with E-state index in [1.165, 1.54) is 30.3 Å². The molecule has 0 N–H and O–H groups in total. The minimum absolute atomic E-state index is 1.04. The maximum absolute atomic E-state index is 4.37. The minimum Gasteiger partial charge on any atom is -0.371 e. The third kappa shape index (κ3) is 1.62. The molecule has 0 bridgehead atoms. The van der Waals surface area contributed by atoms with Gasteiger partial charge in [-0.25, -0.2) is 0 Å². The molecule has 0 spiro atoms. The Morgan fingerprint density at radius 3 is 2.75 bits per heavy atom. The van der Waals surface area contributed by atoms with Crippen LogP contribution >= 0.6 is 0 Å². The summed E-state index contributed by atoms with van der Waals surface area (Å²) in [6.45, 7) is 2.32. The van der Waals surface area contributed by atoms with Gasteiger partial charge in [0.05, 0.1) is 5.52 Å². The van der Waals surface area contributed by atoms with Gasteiger partial charge in [-0.05, 0) is 31.4 Å². The number of hydrogen-bond acceptors (Lipinski definition) is 3. The van der Waals surface area contributed by atoms with Gasteiger partial charge in [-0.3, -0.25) is 9.97 Å². The fourth-order valence-corrected chi connectivity index (χ4v) is 2.39. The molecular weight excluding hydrogens is 198 g/mol. The van der Waals surface area contributed by atoms with E-state index in [1.54, 1.807) is 6.20 Å². The Labute approximate surface area is 95.1 Å². The molecule has 82 valence electrons. The topological polar surface area (TPSA) is 29.0 Å². The number of hydrogen-bond donors (Lipinski definition) is 0. The molecule has 0 aliphatic carbocycles. The molecule has 1 fully saturated rings. The number of fused-ring (bicyclic) bond motifs is 1. The van der Waals surface area contributed by atoms with Gasteiger partial charge >= 0.3 is 0 Å². The van der Waals surface area contributed by atoms with Crippen LogP contribution in [0.2, 0.25) is 0 Å². The fraction of sp³-hybridized carbons (Fsp3) is 0.385. The van der Waals surface area contributed by atoms with Gasteiger partial charge in [0.1, 0.15) is 0 Å². The van der Waals surface area contributed by atoms with Crippen molar-refractivity contribution in [3.05, 3.63) is 30.7 Å². The van der Waals surface area contributed by atoms with Crippen molar-refractivity contribution < 1.29 is 0 Å². The van der Waals surface area contributed by atoms with Crippen LogP contribution in [0.5, 0.6) is 0 Å². The van der Waals surface area contributed by atoms with Gasteiger partial charge < -0.3 is 4.90 Å². The molecule has 1 saturated heterocycles. The molecule has 3 rings (SSSR count). The molecule has 0 radical (unpaired) electrons. The summed E-state index contributed by atoms with van der Waals surface area (Å²) in [6, 6.07) is 4.08. The lowest BCUT2D eigenvalue weighted by Gasteiger charge is -2.29. The Balaban J connectivity index is 2.08. The van der Waals surface area contributed by atoms with Crippen molar-refractivity contribution in [2.24, 2.45) is 0 Å². The molecule has 2 aromatic heterocycles. The molecule has 2 aromatic rings. The van der Waals surface area contributed by atoms with E-state index < -0.39 is 0 Å². The lowest BCUT2D eigenvalue weighted by atomic mass is 10.1. The van der Waals surface area contributed by atoms with Gasteiger partial charge in [0, 0.05) is 42.8 Å². The van der Waals surface area contributed by atoms with Crippen molar-refractivity contribution in [2.75, 3.05) is 18.0 Å². The van der Waals surface area contributed by atoms with E-state index in [2.05, 4.69) is 20.9 Å². The third-order valence-electron chi connectivity index (χ3n) is 3.22. The first-order valence-corrected chi connectivity index (χ1v) is 5.89. The summed E-state index contributed by atoms with van der Waals surface area (Å²) in [5, 5.41) is 1.17. The van der Waals surface area contributed by atoms with E-state index >= 15 is 0 Å². The van der Waals surface area contributed by atoms with Gasteiger partial charge in [0.2, 0.25) is 0 Å². The highest BCUT2D eigenvalue weighted by Crippen LogP contribution is 2.26. The van der Waals surface area contributed by atoms with Gasteiger partial charge in [0.15, 0.2) is 0 Å². The van der Waals surface area contributed by atoms with Crippen LogP contribution < -0.4 is 4.90 Å². The van der Waals surface area contributed by atoms with Crippen LogP contribution in [0.15, 0.2) is 30.7 Å². The second-order valence-corrected chi connectivity index (χ2v) is 4.27. The van der Waals surface area contributed by atoms with Crippen LogP contribution in [0.4, 0.5) is 5.69 Å². The van der Waals surface area contributed by atoms with Crippen LogP contribution in [-0.4, -0.2) is 23.1 Å². The number of piperidine rings is 1. The summed E-state index contributed by atoms with van der Waals surface area (Å²) < 4.78 is 0. The highest BCUT2D eigenvalue weighted by molar-refractivity contribution is 5.90. The first-order chi connectivity index (χ1) is 7.95. The second kappa shape index (κ2) is 4.08. The van der Waals surface area contributed by atoms with Gasteiger partial charge in [0.25, 0.3) is 0 Å². The highest BCUT2D eigenvalue weighted by Gasteiger charge is 2.13. The van der Waals surface area contributed by atoms with Crippen LogP contribution in [0.25, 0.3) is 10.9 Å². The fourth-order valence-electron chi connectivity index (χ4n) is 2.39. The molecule has 1 aliphatic rings. The predicted octanol–water partition coefficient (Wildman–Crippen LogP) is 2.62. The number of pyridine rings is 2. The lowest BCUT2D eigenvalue weighted by Crippen LogP contribution is -2.29. The zero-order valence-electron chi connectivity index (χ0n) is 9.26. The van der Waals surface area contributed by atoms with Gasteiger partial charge in [-0.2, -0.15) is 0 Å². The molecule has 0 aromatic carbocycles. The number of aromatic nitrogens is 2. The average molecular weight is 213 g/mol. The quantitative estimate of drug-likeness (QED) is 0.729. The Bertz CT molecular complexity index is 484. The first-order valence-electron chi connectivity index (χ1n) is 5.89. The standard InChI is InChI=1S/C13H15N3/c1-2-8-16(9-3-1)13-5-7-15-12-4-6-14-10-11(12)13/h4-7,10H,1-3,8-9H2. The Hall–Kier alpha value is -1.64. The average Bonchev–Trinajstić information content (AvgIpc) is 2.39. The summed E-state index contributed by atoms with van der Waals surface area (Å²) in [5.41, 5.74) is 2.33. The normalized spacial score (nSPS) is 16.6. The second-order valence-electron chi connectivity index (χ2n) is 4.27. The molecule has 1 aliphatic heterocycles. The molecule has 3 heteroatoms. The molecular formula is C13H15N3. The highest BCUT2D eigenvalue weighted by atomic mass is 15.1. The maximum Gasteiger partial charge on any atom is 0.0753 e. The molecule has 0 atom stereocenters. The van der Waals surface area contributed by atoms with E-state index in [0.717, 1.165) is 18.6 Å². The Morgan fingerprint density at radius 2 is 1.88 bits per heavy atom. The molecule has 0 unspecified atom stereocenters. The predicted molar refractivity (Wildman–Crippen MR) is 65.6 cm³/mol. The third-order valence-corrected chi connectivity index (χ3v) is 3.22. The molecule has 3 heterocycles. The van der Waals surface area contributed by atoms with E-state index in [1.807, 2.05) is 18.5 Å². The van der Waals surface area contributed by atoms with Crippen LogP contribution in [0.3, 0.4) is 0 Å². The maximum atomic E-state index is 4.37. The zero-order valence-corrected chi connectivity index (χ0v) is 9.26. The lowest BCUT2D eigenvalue weighted by molar-refractivity contribution is 0.579. The number of rotatable bonds is 1.